The Labute approximate surface area is 166 Å². The van der Waals surface area contributed by atoms with E-state index in [2.05, 4.69) is 6.92 Å². The second-order valence-corrected chi connectivity index (χ2v) is 7.43. The van der Waals surface area contributed by atoms with Gasteiger partial charge >= 0.3 is 5.97 Å². The van der Waals surface area contributed by atoms with Crippen molar-refractivity contribution in [3.63, 3.8) is 0 Å². The number of anilines is 1. The number of aryl methyl sites for hydroxylation is 1. The smallest absolute Gasteiger partial charge is 0.341 e. The van der Waals surface area contributed by atoms with Gasteiger partial charge in [0.2, 0.25) is 0 Å². The Bertz CT molecular complexity index is 922. The lowest BCUT2D eigenvalue weighted by molar-refractivity contribution is -0.139. The van der Waals surface area contributed by atoms with E-state index in [1.54, 1.807) is 30.3 Å². The van der Waals surface area contributed by atoms with E-state index in [-0.39, 0.29) is 5.91 Å². The van der Waals surface area contributed by atoms with E-state index in [9.17, 15) is 9.59 Å². The molecule has 0 aromatic heterocycles. The number of nitrogens with zero attached hydrogens (tertiary/aromatic N) is 1. The summed E-state index contributed by atoms with van der Waals surface area (Å²) in [7, 11) is 0. The number of hydrogen-bond acceptors (Lipinski definition) is 5. The highest BCUT2D eigenvalue weighted by atomic mass is 32.2. The third-order valence-electron chi connectivity index (χ3n) is 3.95. The molecular weight excluding hydrogens is 382 g/mol. The average Bonchev–Trinajstić information content (AvgIpc) is 2.94. The summed E-state index contributed by atoms with van der Waals surface area (Å²) in [5, 5.41) is 8.80. The zero-order valence-electron chi connectivity index (χ0n) is 14.5. The van der Waals surface area contributed by atoms with Crippen molar-refractivity contribution in [1.82, 2.24) is 0 Å². The third-order valence-corrected chi connectivity index (χ3v) is 5.26. The molecule has 0 unspecified atom stereocenters. The fourth-order valence-corrected chi connectivity index (χ4v) is 3.87. The fraction of sp³-hybridized carbons (Fsp3) is 0.150. The van der Waals surface area contributed by atoms with Crippen LogP contribution in [-0.2, 0) is 16.0 Å². The van der Waals surface area contributed by atoms with Crippen molar-refractivity contribution in [1.29, 1.82) is 0 Å². The third kappa shape index (κ3) is 4.37. The summed E-state index contributed by atoms with van der Waals surface area (Å²) >= 11 is 6.60. The van der Waals surface area contributed by atoms with Crippen molar-refractivity contribution in [2.45, 2.75) is 13.3 Å². The minimum absolute atomic E-state index is 0.206. The van der Waals surface area contributed by atoms with Crippen molar-refractivity contribution in [2.75, 3.05) is 11.5 Å². The molecule has 0 bridgehead atoms. The Hall–Kier alpha value is -2.64. The predicted octanol–water partition coefficient (Wildman–Crippen LogP) is 4.12. The number of carboxylic acid groups (broad SMARTS) is 1. The summed E-state index contributed by atoms with van der Waals surface area (Å²) < 4.78 is 5.75. The summed E-state index contributed by atoms with van der Waals surface area (Å²) in [5.74, 6) is -0.869. The molecule has 0 radical (unpaired) electrons. The molecule has 1 saturated heterocycles. The van der Waals surface area contributed by atoms with Gasteiger partial charge in [-0.05, 0) is 36.3 Å². The van der Waals surface area contributed by atoms with Gasteiger partial charge in [-0.2, -0.15) is 0 Å². The van der Waals surface area contributed by atoms with Crippen molar-refractivity contribution in [2.24, 2.45) is 0 Å². The molecule has 1 fully saturated rings. The standard InChI is InChI=1S/C20H17NO4S2/c1-2-13-7-9-15(10-8-13)21-19(24)17(27-20(21)26)11-14-5-3-4-6-16(14)25-12-18(22)23/h3-11H,2,12H2,1H3,(H,22,23)/b17-11+. The Morgan fingerprint density at radius 2 is 1.93 bits per heavy atom. The molecule has 0 atom stereocenters. The van der Waals surface area contributed by atoms with Crippen LogP contribution in [0.15, 0.2) is 53.4 Å². The van der Waals surface area contributed by atoms with Crippen LogP contribution in [0.4, 0.5) is 5.69 Å². The van der Waals surface area contributed by atoms with Gasteiger partial charge in [-0.1, -0.05) is 61.2 Å². The first kappa shape index (κ1) is 19.1. The number of aliphatic carboxylic acids is 1. The monoisotopic (exact) mass is 399 g/mol. The van der Waals surface area contributed by atoms with Crippen molar-refractivity contribution in [3.8, 4) is 5.75 Å². The molecule has 1 heterocycles. The van der Waals surface area contributed by atoms with Crippen molar-refractivity contribution < 1.29 is 19.4 Å². The number of benzene rings is 2. The van der Waals surface area contributed by atoms with E-state index in [1.165, 1.54) is 22.2 Å². The van der Waals surface area contributed by atoms with E-state index in [0.29, 0.717) is 20.5 Å². The van der Waals surface area contributed by atoms with Gasteiger partial charge in [0.25, 0.3) is 5.91 Å². The van der Waals surface area contributed by atoms with Crippen LogP contribution in [0.3, 0.4) is 0 Å². The van der Waals surface area contributed by atoms with Gasteiger partial charge < -0.3 is 9.84 Å². The number of rotatable bonds is 6. The molecule has 2 aromatic rings. The molecular formula is C20H17NO4S2. The number of carbonyl (C=O) groups is 2. The molecule has 2 aromatic carbocycles. The SMILES string of the molecule is CCc1ccc(N2C(=O)/C(=C\c3ccccc3OCC(=O)O)SC2=S)cc1. The van der Waals surface area contributed by atoms with Crippen molar-refractivity contribution in [3.05, 3.63) is 64.6 Å². The number of ether oxygens (including phenoxy) is 1. The highest BCUT2D eigenvalue weighted by Crippen LogP contribution is 2.37. The highest BCUT2D eigenvalue weighted by molar-refractivity contribution is 8.27. The fourth-order valence-electron chi connectivity index (χ4n) is 2.58. The second kappa shape index (κ2) is 8.37. The van der Waals surface area contributed by atoms with Gasteiger partial charge in [0, 0.05) is 5.56 Å². The van der Waals surface area contributed by atoms with Crippen LogP contribution >= 0.6 is 24.0 Å². The molecule has 1 N–H and O–H groups in total. The van der Waals surface area contributed by atoms with E-state index in [1.807, 2.05) is 24.3 Å². The van der Waals surface area contributed by atoms with E-state index >= 15 is 0 Å². The van der Waals surface area contributed by atoms with E-state index < -0.39 is 12.6 Å². The zero-order chi connectivity index (χ0) is 19.4. The lowest BCUT2D eigenvalue weighted by Gasteiger charge is -2.14. The Morgan fingerprint density at radius 3 is 2.59 bits per heavy atom. The maximum atomic E-state index is 12.9. The molecule has 138 valence electrons. The number of carbonyl (C=O) groups excluding carboxylic acids is 1. The number of carboxylic acids is 1. The first-order valence-corrected chi connectivity index (χ1v) is 9.52. The predicted molar refractivity (Wildman–Crippen MR) is 111 cm³/mol. The van der Waals surface area contributed by atoms with Crippen LogP contribution in [0.1, 0.15) is 18.1 Å². The number of thioether (sulfide) groups is 1. The molecule has 0 saturated carbocycles. The first-order chi connectivity index (χ1) is 13.0. The van der Waals surface area contributed by atoms with Crippen LogP contribution in [0.25, 0.3) is 6.08 Å². The number of para-hydroxylation sites is 1. The largest absolute Gasteiger partial charge is 0.481 e. The lowest BCUT2D eigenvalue weighted by atomic mass is 10.1. The van der Waals surface area contributed by atoms with Crippen molar-refractivity contribution >= 4 is 51.9 Å². The molecule has 3 rings (SSSR count). The first-order valence-electron chi connectivity index (χ1n) is 8.30. The van der Waals surface area contributed by atoms with Gasteiger partial charge in [-0.15, -0.1) is 0 Å². The van der Waals surface area contributed by atoms with Gasteiger partial charge in [-0.3, -0.25) is 9.69 Å². The molecule has 0 spiro atoms. The van der Waals surface area contributed by atoms with Crippen LogP contribution in [-0.4, -0.2) is 27.9 Å². The minimum atomic E-state index is -1.06. The summed E-state index contributed by atoms with van der Waals surface area (Å²) in [4.78, 5) is 25.6. The average molecular weight is 399 g/mol. The second-order valence-electron chi connectivity index (χ2n) is 5.76. The molecule has 7 heteroatoms. The van der Waals surface area contributed by atoms with Crippen LogP contribution in [0.2, 0.25) is 0 Å². The molecule has 1 aliphatic rings. The topological polar surface area (TPSA) is 66.8 Å². The Balaban J connectivity index is 1.87. The summed E-state index contributed by atoms with van der Waals surface area (Å²) in [5.41, 5.74) is 2.54. The lowest BCUT2D eigenvalue weighted by Crippen LogP contribution is -2.27. The summed E-state index contributed by atoms with van der Waals surface area (Å²) in [6.07, 6.45) is 2.60. The molecule has 5 nitrogen and oxygen atoms in total. The Kier molecular flexibility index (Phi) is 5.93. The van der Waals surface area contributed by atoms with Gasteiger partial charge in [0.05, 0.1) is 10.6 Å². The van der Waals surface area contributed by atoms with Gasteiger partial charge in [-0.25, -0.2) is 4.79 Å². The van der Waals surface area contributed by atoms with Crippen LogP contribution in [0, 0.1) is 0 Å². The number of thiocarbonyl (C=S) groups is 1. The maximum Gasteiger partial charge on any atom is 0.341 e. The zero-order valence-corrected chi connectivity index (χ0v) is 16.2. The van der Waals surface area contributed by atoms with E-state index in [4.69, 9.17) is 22.1 Å². The molecule has 1 amide bonds. The van der Waals surface area contributed by atoms with E-state index in [0.717, 1.165) is 12.1 Å². The van der Waals surface area contributed by atoms with Crippen LogP contribution < -0.4 is 9.64 Å². The van der Waals surface area contributed by atoms with Gasteiger partial charge in [0.15, 0.2) is 10.9 Å². The minimum Gasteiger partial charge on any atom is -0.481 e. The highest BCUT2D eigenvalue weighted by Gasteiger charge is 2.33. The number of hydrogen-bond donors (Lipinski definition) is 1. The molecule has 1 aliphatic heterocycles. The summed E-state index contributed by atoms with van der Waals surface area (Å²) in [6.45, 7) is 1.62. The normalized spacial score (nSPS) is 15.4. The summed E-state index contributed by atoms with van der Waals surface area (Å²) in [6, 6.07) is 14.7. The Morgan fingerprint density at radius 1 is 1.22 bits per heavy atom. The van der Waals surface area contributed by atoms with Crippen LogP contribution in [0.5, 0.6) is 5.75 Å². The molecule has 27 heavy (non-hydrogen) atoms. The molecule has 0 aliphatic carbocycles. The maximum absolute atomic E-state index is 12.9. The number of amides is 1. The van der Waals surface area contributed by atoms with Gasteiger partial charge in [0.1, 0.15) is 5.75 Å². The quantitative estimate of drug-likeness (QED) is 0.582.